The average molecular weight is 252 g/mol. The van der Waals surface area contributed by atoms with E-state index in [1.165, 1.54) is 6.07 Å². The fourth-order valence-electron chi connectivity index (χ4n) is 1.76. The molecule has 18 heavy (non-hydrogen) atoms. The quantitative estimate of drug-likeness (QED) is 0.818. The summed E-state index contributed by atoms with van der Waals surface area (Å²) in [7, 11) is 0. The third-order valence-corrected chi connectivity index (χ3v) is 2.46. The minimum atomic E-state index is -0.740. The summed E-state index contributed by atoms with van der Waals surface area (Å²) in [5, 5.41) is 9.79. The molecule has 0 fully saturated rings. The molecule has 1 rings (SSSR count). The van der Waals surface area contributed by atoms with Crippen LogP contribution in [0.15, 0.2) is 15.3 Å². The number of ketones is 1. The molecule has 4 nitrogen and oxygen atoms in total. The van der Waals surface area contributed by atoms with Crippen molar-refractivity contribution in [1.82, 2.24) is 0 Å². The fourth-order valence-corrected chi connectivity index (χ4v) is 1.76. The molecule has 0 spiro atoms. The first kappa shape index (κ1) is 14.5. The summed E-state index contributed by atoms with van der Waals surface area (Å²) in [6.07, 6.45) is 0.781. The molecule has 100 valence electrons. The Kier molecular flexibility index (Phi) is 4.70. The van der Waals surface area contributed by atoms with Crippen LogP contribution < -0.4 is 5.63 Å². The molecule has 0 unspecified atom stereocenters. The average Bonchev–Trinajstić information content (AvgIpc) is 2.12. The molecule has 1 heterocycles. The van der Waals surface area contributed by atoms with Crippen LogP contribution in [0.4, 0.5) is 0 Å². The van der Waals surface area contributed by atoms with Crippen LogP contribution in [-0.4, -0.2) is 10.9 Å². The summed E-state index contributed by atoms with van der Waals surface area (Å²) in [6.45, 7) is 7.72. The molecule has 0 saturated carbocycles. The lowest BCUT2D eigenvalue weighted by Crippen LogP contribution is -2.17. The van der Waals surface area contributed by atoms with E-state index in [0.717, 1.165) is 0 Å². The van der Waals surface area contributed by atoms with E-state index in [4.69, 9.17) is 4.42 Å². The van der Waals surface area contributed by atoms with Gasteiger partial charge in [-0.05, 0) is 11.8 Å². The number of aromatic hydroxyl groups is 1. The summed E-state index contributed by atoms with van der Waals surface area (Å²) in [4.78, 5) is 23.5. The Hall–Kier alpha value is -1.58. The Morgan fingerprint density at radius 1 is 1.28 bits per heavy atom. The zero-order valence-electron chi connectivity index (χ0n) is 11.3. The molecule has 0 amide bonds. The SMILES string of the molecule is CC(C)CC(=O)c1c(O)cc(CC(C)C)oc1=O. The van der Waals surface area contributed by atoms with Gasteiger partial charge in [-0.15, -0.1) is 0 Å². The van der Waals surface area contributed by atoms with E-state index in [1.54, 1.807) is 0 Å². The molecule has 0 saturated heterocycles. The van der Waals surface area contributed by atoms with Crippen LogP contribution in [0, 0.1) is 11.8 Å². The predicted octanol–water partition coefficient (Wildman–Crippen LogP) is 2.77. The number of rotatable bonds is 5. The molecular weight excluding hydrogens is 232 g/mol. The topological polar surface area (TPSA) is 67.5 Å². The van der Waals surface area contributed by atoms with E-state index in [0.29, 0.717) is 18.1 Å². The van der Waals surface area contributed by atoms with E-state index < -0.39 is 5.63 Å². The Morgan fingerprint density at radius 2 is 1.89 bits per heavy atom. The molecule has 0 radical (unpaired) electrons. The predicted molar refractivity (Wildman–Crippen MR) is 69.0 cm³/mol. The van der Waals surface area contributed by atoms with Gasteiger partial charge in [0.1, 0.15) is 17.1 Å². The van der Waals surface area contributed by atoms with Gasteiger partial charge in [0, 0.05) is 18.9 Å². The highest BCUT2D eigenvalue weighted by Gasteiger charge is 2.19. The van der Waals surface area contributed by atoms with Crippen molar-refractivity contribution in [3.8, 4) is 5.75 Å². The summed E-state index contributed by atoms with van der Waals surface area (Å²) < 4.78 is 5.07. The van der Waals surface area contributed by atoms with Gasteiger partial charge in [-0.3, -0.25) is 4.79 Å². The van der Waals surface area contributed by atoms with E-state index >= 15 is 0 Å². The van der Waals surface area contributed by atoms with Crippen LogP contribution in [0.5, 0.6) is 5.75 Å². The zero-order valence-corrected chi connectivity index (χ0v) is 11.3. The maximum absolute atomic E-state index is 11.8. The van der Waals surface area contributed by atoms with Crippen molar-refractivity contribution in [3.63, 3.8) is 0 Å². The molecule has 0 aliphatic rings. The molecular formula is C14H20O4. The van der Waals surface area contributed by atoms with Gasteiger partial charge in [0.25, 0.3) is 0 Å². The smallest absolute Gasteiger partial charge is 0.350 e. The van der Waals surface area contributed by atoms with Gasteiger partial charge in [0.15, 0.2) is 5.78 Å². The molecule has 0 aliphatic heterocycles. The minimum absolute atomic E-state index is 0.131. The Balaban J connectivity index is 3.09. The summed E-state index contributed by atoms with van der Waals surface area (Å²) in [6, 6.07) is 1.37. The highest BCUT2D eigenvalue weighted by atomic mass is 16.4. The first-order valence-corrected chi connectivity index (χ1v) is 6.20. The number of carbonyl (C=O) groups is 1. The first-order valence-electron chi connectivity index (χ1n) is 6.20. The van der Waals surface area contributed by atoms with Gasteiger partial charge in [-0.2, -0.15) is 0 Å². The van der Waals surface area contributed by atoms with Crippen molar-refractivity contribution in [2.75, 3.05) is 0 Å². The second-order valence-electron chi connectivity index (χ2n) is 5.38. The van der Waals surface area contributed by atoms with Crippen molar-refractivity contribution in [2.45, 2.75) is 40.5 Å². The Bertz CT molecular complexity index is 483. The summed E-state index contributed by atoms with van der Waals surface area (Å²) in [5.41, 5.74) is -0.965. The third-order valence-electron chi connectivity index (χ3n) is 2.46. The molecule has 1 aromatic heterocycles. The Labute approximate surface area is 107 Å². The zero-order chi connectivity index (χ0) is 13.9. The standard InChI is InChI=1S/C14H20O4/c1-8(2)5-10-7-12(16)13(14(17)18-10)11(15)6-9(3)4/h7-9,16H,5-6H2,1-4H3. The maximum atomic E-state index is 11.8. The van der Waals surface area contributed by atoms with Crippen molar-refractivity contribution in [3.05, 3.63) is 27.8 Å². The van der Waals surface area contributed by atoms with E-state index in [-0.39, 0.29) is 29.4 Å². The van der Waals surface area contributed by atoms with Gasteiger partial charge in [-0.1, -0.05) is 27.7 Å². The third kappa shape index (κ3) is 3.72. The van der Waals surface area contributed by atoms with Gasteiger partial charge in [0.05, 0.1) is 0 Å². The van der Waals surface area contributed by atoms with Crippen LogP contribution in [0.3, 0.4) is 0 Å². The van der Waals surface area contributed by atoms with Crippen LogP contribution in [0.25, 0.3) is 0 Å². The van der Waals surface area contributed by atoms with Crippen molar-refractivity contribution in [2.24, 2.45) is 11.8 Å². The van der Waals surface area contributed by atoms with Gasteiger partial charge in [0.2, 0.25) is 0 Å². The number of carbonyl (C=O) groups excluding carboxylic acids is 1. The van der Waals surface area contributed by atoms with Crippen molar-refractivity contribution >= 4 is 5.78 Å². The fraction of sp³-hybridized carbons (Fsp3) is 0.571. The molecule has 1 aromatic rings. The van der Waals surface area contributed by atoms with Crippen LogP contribution in [0.2, 0.25) is 0 Å². The van der Waals surface area contributed by atoms with Crippen LogP contribution in [0.1, 0.15) is 50.2 Å². The van der Waals surface area contributed by atoms with Crippen molar-refractivity contribution in [1.29, 1.82) is 0 Å². The first-order chi connectivity index (χ1) is 8.31. The maximum Gasteiger partial charge on any atom is 0.350 e. The molecule has 0 atom stereocenters. The molecule has 0 aliphatic carbocycles. The van der Waals surface area contributed by atoms with Gasteiger partial charge >= 0.3 is 5.63 Å². The highest BCUT2D eigenvalue weighted by molar-refractivity contribution is 5.98. The number of hydrogen-bond acceptors (Lipinski definition) is 4. The van der Waals surface area contributed by atoms with Crippen molar-refractivity contribution < 1.29 is 14.3 Å². The summed E-state index contributed by atoms with van der Waals surface area (Å²) in [5.74, 6) is 0.213. The van der Waals surface area contributed by atoms with E-state index in [2.05, 4.69) is 0 Å². The second-order valence-corrected chi connectivity index (χ2v) is 5.38. The molecule has 1 N–H and O–H groups in total. The van der Waals surface area contributed by atoms with Gasteiger partial charge in [-0.25, -0.2) is 4.79 Å². The monoisotopic (exact) mass is 252 g/mol. The lowest BCUT2D eigenvalue weighted by Gasteiger charge is -2.07. The van der Waals surface area contributed by atoms with Crippen LogP contribution >= 0.6 is 0 Å². The molecule has 0 bridgehead atoms. The van der Waals surface area contributed by atoms with E-state index in [9.17, 15) is 14.7 Å². The van der Waals surface area contributed by atoms with Gasteiger partial charge < -0.3 is 9.52 Å². The Morgan fingerprint density at radius 3 is 2.33 bits per heavy atom. The normalized spacial score (nSPS) is 11.2. The largest absolute Gasteiger partial charge is 0.507 e. The van der Waals surface area contributed by atoms with E-state index in [1.807, 2.05) is 27.7 Å². The van der Waals surface area contributed by atoms with Crippen LogP contribution in [-0.2, 0) is 6.42 Å². The number of Topliss-reactive ketones (excluding diaryl/α,β-unsaturated/α-hetero) is 1. The number of hydrogen-bond donors (Lipinski definition) is 1. The second kappa shape index (κ2) is 5.85. The highest BCUT2D eigenvalue weighted by Crippen LogP contribution is 2.19. The molecule has 4 heteroatoms. The summed E-state index contributed by atoms with van der Waals surface area (Å²) >= 11 is 0. The lowest BCUT2D eigenvalue weighted by molar-refractivity contribution is 0.0960. The minimum Gasteiger partial charge on any atom is -0.507 e. The molecule has 0 aromatic carbocycles. The lowest BCUT2D eigenvalue weighted by atomic mass is 10.0.